The molecule has 136 valence electrons. The first-order valence-electron chi connectivity index (χ1n) is 9.45. The summed E-state index contributed by atoms with van der Waals surface area (Å²) in [7, 11) is 0. The van der Waals surface area contributed by atoms with Gasteiger partial charge in [-0.2, -0.15) is 0 Å². The lowest BCUT2D eigenvalue weighted by Gasteiger charge is -2.26. The Morgan fingerprint density at radius 2 is 1.52 bits per heavy atom. The molecule has 0 saturated carbocycles. The molecule has 0 aliphatic rings. The van der Waals surface area contributed by atoms with Crippen molar-refractivity contribution in [3.05, 3.63) is 59.7 Å². The van der Waals surface area contributed by atoms with E-state index in [9.17, 15) is 0 Å². The van der Waals surface area contributed by atoms with Gasteiger partial charge in [0.2, 0.25) is 0 Å². The van der Waals surface area contributed by atoms with E-state index in [4.69, 9.17) is 4.74 Å². The number of rotatable bonds is 7. The van der Waals surface area contributed by atoms with E-state index < -0.39 is 0 Å². The minimum Gasteiger partial charge on any atom is -0.494 e. The van der Waals surface area contributed by atoms with Crippen LogP contribution in [0.2, 0.25) is 0 Å². The maximum Gasteiger partial charge on any atom is 0.119 e. The summed E-state index contributed by atoms with van der Waals surface area (Å²) in [5.74, 6) is 1.41. The third-order valence-corrected chi connectivity index (χ3v) is 4.81. The van der Waals surface area contributed by atoms with Gasteiger partial charge in [0.05, 0.1) is 6.61 Å². The van der Waals surface area contributed by atoms with E-state index in [0.29, 0.717) is 18.6 Å². The molecular formula is C23H33NO. The van der Waals surface area contributed by atoms with Gasteiger partial charge in [0.25, 0.3) is 0 Å². The molecule has 0 radical (unpaired) electrons. The van der Waals surface area contributed by atoms with E-state index in [-0.39, 0.29) is 5.41 Å². The van der Waals surface area contributed by atoms with E-state index in [2.05, 4.69) is 88.5 Å². The standard InChI is InChI=1S/C23H33NO/c1-7-22(18-9-15-21(16-10-18)25-8-2)17(3)24-20-13-11-19(12-14-20)23(4,5)6/h9-17,22,24H,7-8H2,1-6H3. The quantitative estimate of drug-likeness (QED) is 0.632. The molecule has 0 fully saturated rings. The van der Waals surface area contributed by atoms with Gasteiger partial charge in [-0.05, 0) is 61.1 Å². The molecule has 2 atom stereocenters. The van der Waals surface area contributed by atoms with Crippen molar-refractivity contribution in [3.63, 3.8) is 0 Å². The lowest BCUT2D eigenvalue weighted by atomic mass is 9.87. The first-order valence-corrected chi connectivity index (χ1v) is 9.45. The van der Waals surface area contributed by atoms with Crippen LogP contribution in [0.1, 0.15) is 65.0 Å². The van der Waals surface area contributed by atoms with Gasteiger partial charge in [-0.15, -0.1) is 0 Å². The van der Waals surface area contributed by atoms with Crippen LogP contribution in [-0.4, -0.2) is 12.6 Å². The summed E-state index contributed by atoms with van der Waals surface area (Å²) >= 11 is 0. The predicted molar refractivity (Wildman–Crippen MR) is 109 cm³/mol. The van der Waals surface area contributed by atoms with Crippen molar-refractivity contribution < 1.29 is 4.74 Å². The zero-order chi connectivity index (χ0) is 18.4. The SMILES string of the molecule is CCOc1ccc(C(CC)C(C)Nc2ccc(C(C)(C)C)cc2)cc1. The van der Waals surface area contributed by atoms with Crippen molar-refractivity contribution >= 4 is 5.69 Å². The molecule has 2 nitrogen and oxygen atoms in total. The third-order valence-electron chi connectivity index (χ3n) is 4.81. The maximum absolute atomic E-state index is 5.55. The maximum atomic E-state index is 5.55. The molecule has 0 saturated heterocycles. The van der Waals surface area contributed by atoms with Crippen LogP contribution in [0, 0.1) is 0 Å². The van der Waals surface area contributed by atoms with E-state index in [1.54, 1.807) is 0 Å². The van der Waals surface area contributed by atoms with E-state index in [0.717, 1.165) is 12.2 Å². The van der Waals surface area contributed by atoms with Crippen molar-refractivity contribution in [2.75, 3.05) is 11.9 Å². The fourth-order valence-corrected chi connectivity index (χ4v) is 3.29. The van der Waals surface area contributed by atoms with Gasteiger partial charge in [0, 0.05) is 17.6 Å². The Bertz CT molecular complexity index is 637. The van der Waals surface area contributed by atoms with Gasteiger partial charge >= 0.3 is 0 Å². The molecule has 0 aliphatic carbocycles. The normalized spacial score (nSPS) is 14.0. The van der Waals surface area contributed by atoms with Crippen molar-refractivity contribution in [3.8, 4) is 5.75 Å². The summed E-state index contributed by atoms with van der Waals surface area (Å²) in [6.45, 7) is 14.0. The van der Waals surface area contributed by atoms with E-state index in [1.165, 1.54) is 16.8 Å². The molecule has 0 amide bonds. The number of nitrogens with one attached hydrogen (secondary N) is 1. The highest BCUT2D eigenvalue weighted by molar-refractivity contribution is 5.47. The lowest BCUT2D eigenvalue weighted by molar-refractivity contribution is 0.340. The molecule has 2 aromatic rings. The fourth-order valence-electron chi connectivity index (χ4n) is 3.29. The first kappa shape index (κ1) is 19.4. The van der Waals surface area contributed by atoms with Crippen molar-refractivity contribution in [1.82, 2.24) is 0 Å². The topological polar surface area (TPSA) is 21.3 Å². The van der Waals surface area contributed by atoms with E-state index in [1.807, 2.05) is 6.92 Å². The van der Waals surface area contributed by atoms with Crippen LogP contribution >= 0.6 is 0 Å². The van der Waals surface area contributed by atoms with Crippen LogP contribution in [0.25, 0.3) is 0 Å². The highest BCUT2D eigenvalue weighted by Gasteiger charge is 2.18. The highest BCUT2D eigenvalue weighted by atomic mass is 16.5. The summed E-state index contributed by atoms with van der Waals surface area (Å²) < 4.78 is 5.55. The molecule has 0 bridgehead atoms. The first-order chi connectivity index (χ1) is 11.8. The number of benzene rings is 2. The Balaban J connectivity index is 2.07. The third kappa shape index (κ3) is 5.26. The summed E-state index contributed by atoms with van der Waals surface area (Å²) in [6.07, 6.45) is 1.10. The second-order valence-electron chi connectivity index (χ2n) is 7.78. The second-order valence-corrected chi connectivity index (χ2v) is 7.78. The molecule has 0 aromatic heterocycles. The second kappa shape index (κ2) is 8.42. The van der Waals surface area contributed by atoms with Crippen LogP contribution in [0.15, 0.2) is 48.5 Å². The number of hydrogen-bond donors (Lipinski definition) is 1. The highest BCUT2D eigenvalue weighted by Crippen LogP contribution is 2.29. The van der Waals surface area contributed by atoms with Crippen molar-refractivity contribution in [2.24, 2.45) is 0 Å². The molecule has 0 aliphatic heterocycles. The minimum atomic E-state index is 0.193. The Labute approximate surface area is 153 Å². The van der Waals surface area contributed by atoms with Gasteiger partial charge in [-0.3, -0.25) is 0 Å². The largest absolute Gasteiger partial charge is 0.494 e. The number of anilines is 1. The fraction of sp³-hybridized carbons (Fsp3) is 0.478. The Kier molecular flexibility index (Phi) is 6.52. The summed E-state index contributed by atoms with van der Waals surface area (Å²) in [4.78, 5) is 0. The molecule has 2 rings (SSSR count). The van der Waals surface area contributed by atoms with Gasteiger partial charge in [0.1, 0.15) is 5.75 Å². The molecule has 25 heavy (non-hydrogen) atoms. The van der Waals surface area contributed by atoms with Crippen molar-refractivity contribution in [1.29, 1.82) is 0 Å². The minimum absolute atomic E-state index is 0.193. The van der Waals surface area contributed by atoms with Gasteiger partial charge < -0.3 is 10.1 Å². The smallest absolute Gasteiger partial charge is 0.119 e. The molecule has 2 aromatic carbocycles. The van der Waals surface area contributed by atoms with Crippen LogP contribution in [0.4, 0.5) is 5.69 Å². The molecule has 0 spiro atoms. The van der Waals surface area contributed by atoms with E-state index >= 15 is 0 Å². The Morgan fingerprint density at radius 3 is 2.00 bits per heavy atom. The van der Waals surface area contributed by atoms with Crippen LogP contribution in [0.5, 0.6) is 5.75 Å². The zero-order valence-electron chi connectivity index (χ0n) is 16.6. The van der Waals surface area contributed by atoms with Crippen LogP contribution < -0.4 is 10.1 Å². The van der Waals surface area contributed by atoms with Crippen LogP contribution in [0.3, 0.4) is 0 Å². The molecule has 0 heterocycles. The molecule has 2 unspecified atom stereocenters. The van der Waals surface area contributed by atoms with Crippen molar-refractivity contribution in [2.45, 2.75) is 65.3 Å². The number of hydrogen-bond acceptors (Lipinski definition) is 2. The van der Waals surface area contributed by atoms with Gasteiger partial charge in [-0.25, -0.2) is 0 Å². The number of ether oxygens (including phenoxy) is 1. The monoisotopic (exact) mass is 339 g/mol. The summed E-state index contributed by atoms with van der Waals surface area (Å²) in [6, 6.07) is 17.8. The Morgan fingerprint density at radius 1 is 0.920 bits per heavy atom. The molecule has 1 N–H and O–H groups in total. The average Bonchev–Trinajstić information content (AvgIpc) is 2.57. The molecule has 2 heteroatoms. The van der Waals surface area contributed by atoms with Crippen LogP contribution in [-0.2, 0) is 5.41 Å². The predicted octanol–water partition coefficient (Wildman–Crippen LogP) is 6.38. The summed E-state index contributed by atoms with van der Waals surface area (Å²) in [5, 5.41) is 3.68. The lowest BCUT2D eigenvalue weighted by Crippen LogP contribution is -2.24. The van der Waals surface area contributed by atoms with Gasteiger partial charge in [-0.1, -0.05) is 52.0 Å². The summed E-state index contributed by atoms with van der Waals surface area (Å²) in [5.41, 5.74) is 4.10. The molecular weight excluding hydrogens is 306 g/mol. The Hall–Kier alpha value is -1.96. The zero-order valence-corrected chi connectivity index (χ0v) is 16.6. The average molecular weight is 340 g/mol. The van der Waals surface area contributed by atoms with Gasteiger partial charge in [0.15, 0.2) is 0 Å².